The first kappa shape index (κ1) is 21.0. The second-order valence-electron chi connectivity index (χ2n) is 11.5. The van der Waals surface area contributed by atoms with Gasteiger partial charge in [-0.3, -0.25) is 4.79 Å². The number of Topliss-reactive ketones (excluding diaryl/α,β-unsaturated/α-hetero) is 1. The molecular weight excluding hydrogens is 388 g/mol. The molecule has 2 aliphatic heterocycles. The van der Waals surface area contributed by atoms with E-state index < -0.39 is 52.7 Å². The molecule has 6 fully saturated rings. The minimum absolute atomic E-state index is 0.0717. The number of carbonyl (C=O) groups is 2. The van der Waals surface area contributed by atoms with E-state index in [0.29, 0.717) is 32.1 Å². The number of fused-ring (bicyclic) bond motifs is 2. The van der Waals surface area contributed by atoms with E-state index >= 15 is 0 Å². The van der Waals surface area contributed by atoms with Crippen molar-refractivity contribution in [2.75, 3.05) is 6.61 Å². The van der Waals surface area contributed by atoms with Gasteiger partial charge in [0.1, 0.15) is 17.8 Å². The van der Waals surface area contributed by atoms with Crippen LogP contribution in [-0.2, 0) is 14.3 Å². The summed E-state index contributed by atoms with van der Waals surface area (Å²) >= 11 is 0. The molecule has 4 aliphatic carbocycles. The zero-order chi connectivity index (χ0) is 21.9. The second-order valence-corrected chi connectivity index (χ2v) is 11.5. The van der Waals surface area contributed by atoms with Crippen LogP contribution < -0.4 is 0 Å². The van der Waals surface area contributed by atoms with Crippen LogP contribution in [-0.4, -0.2) is 63.2 Å². The fourth-order valence-electron chi connectivity index (χ4n) is 8.83. The van der Waals surface area contributed by atoms with Crippen LogP contribution in [0.25, 0.3) is 0 Å². The van der Waals surface area contributed by atoms with Crippen LogP contribution in [0.15, 0.2) is 0 Å². The third kappa shape index (κ3) is 2.01. The minimum atomic E-state index is -2.19. The molecule has 6 rings (SSSR count). The van der Waals surface area contributed by atoms with Crippen molar-refractivity contribution >= 4 is 12.1 Å². The number of hydrogen-bond donors (Lipinski definition) is 4. The Labute approximate surface area is 176 Å². The van der Waals surface area contributed by atoms with Gasteiger partial charge in [-0.1, -0.05) is 20.8 Å². The van der Waals surface area contributed by atoms with Gasteiger partial charge < -0.3 is 30.0 Å². The minimum Gasteiger partial charge on any atom is -0.392 e. The van der Waals surface area contributed by atoms with Crippen molar-refractivity contribution in [3.05, 3.63) is 0 Å². The van der Waals surface area contributed by atoms with E-state index in [4.69, 9.17) is 4.74 Å². The van der Waals surface area contributed by atoms with Crippen LogP contribution in [0.5, 0.6) is 0 Å². The number of carbonyl (C=O) groups excluding carboxylic acids is 2. The Morgan fingerprint density at radius 1 is 1.17 bits per heavy atom. The van der Waals surface area contributed by atoms with Gasteiger partial charge in [-0.2, -0.15) is 0 Å². The summed E-state index contributed by atoms with van der Waals surface area (Å²) in [5.74, 6) is -4.67. The van der Waals surface area contributed by atoms with Crippen molar-refractivity contribution < 1.29 is 34.8 Å². The van der Waals surface area contributed by atoms with Gasteiger partial charge in [0.2, 0.25) is 5.79 Å². The molecule has 7 nitrogen and oxygen atoms in total. The van der Waals surface area contributed by atoms with Gasteiger partial charge in [0.15, 0.2) is 5.78 Å². The van der Waals surface area contributed by atoms with Gasteiger partial charge in [-0.25, -0.2) is 0 Å². The summed E-state index contributed by atoms with van der Waals surface area (Å²) in [6.45, 7) is 5.90. The molecule has 168 valence electrons. The number of hydrogen-bond acceptors (Lipinski definition) is 7. The van der Waals surface area contributed by atoms with E-state index in [9.17, 15) is 30.0 Å². The van der Waals surface area contributed by atoms with Crippen LogP contribution in [0.2, 0.25) is 0 Å². The molecular formula is C23H34O7. The molecule has 7 heteroatoms. The van der Waals surface area contributed by atoms with Crippen molar-refractivity contribution in [2.24, 2.45) is 45.8 Å². The van der Waals surface area contributed by atoms with Gasteiger partial charge in [0.05, 0.1) is 18.8 Å². The van der Waals surface area contributed by atoms with Crippen LogP contribution in [0, 0.1) is 45.8 Å². The molecule has 4 N–H and O–H groups in total. The van der Waals surface area contributed by atoms with Gasteiger partial charge in [-0.15, -0.1) is 0 Å². The van der Waals surface area contributed by atoms with E-state index in [0.717, 1.165) is 6.29 Å². The van der Waals surface area contributed by atoms with Crippen molar-refractivity contribution in [3.63, 3.8) is 0 Å². The first-order valence-electron chi connectivity index (χ1n) is 11.4. The highest BCUT2D eigenvalue weighted by Gasteiger charge is 2.87. The summed E-state index contributed by atoms with van der Waals surface area (Å²) in [4.78, 5) is 25.3. The monoisotopic (exact) mass is 422 g/mol. The second kappa shape index (κ2) is 6.13. The van der Waals surface area contributed by atoms with Crippen molar-refractivity contribution in [2.45, 2.75) is 77.0 Å². The van der Waals surface area contributed by atoms with Crippen molar-refractivity contribution in [3.8, 4) is 0 Å². The molecule has 1 unspecified atom stereocenters. The number of ketones is 1. The number of aliphatic hydroxyl groups is 4. The highest BCUT2D eigenvalue weighted by molar-refractivity contribution is 5.93. The molecule has 0 aromatic carbocycles. The molecule has 30 heavy (non-hydrogen) atoms. The lowest BCUT2D eigenvalue weighted by Crippen LogP contribution is -2.85. The maximum Gasteiger partial charge on any atom is 0.208 e. The van der Waals surface area contributed by atoms with E-state index in [1.54, 1.807) is 6.92 Å². The maximum absolute atomic E-state index is 14.0. The van der Waals surface area contributed by atoms with E-state index in [1.807, 2.05) is 13.8 Å². The number of aliphatic hydroxyl groups excluding tert-OH is 3. The number of rotatable bonds is 3. The maximum atomic E-state index is 14.0. The predicted octanol–water partition coefficient (Wildman–Crippen LogP) is 0.661. The number of ether oxygens (including phenoxy) is 1. The Morgan fingerprint density at radius 3 is 2.53 bits per heavy atom. The summed E-state index contributed by atoms with van der Waals surface area (Å²) in [6.07, 6.45) is 0.221. The molecule has 2 spiro atoms. The molecule has 2 saturated heterocycles. The van der Waals surface area contributed by atoms with Gasteiger partial charge in [-0.05, 0) is 49.4 Å². The Bertz CT molecular complexity index is 782. The lowest BCUT2D eigenvalue weighted by Gasteiger charge is -2.74. The third-order valence-corrected chi connectivity index (χ3v) is 9.93. The average Bonchev–Trinajstić information content (AvgIpc) is 2.81. The first-order chi connectivity index (χ1) is 14.0. The van der Waals surface area contributed by atoms with Crippen LogP contribution in [0.3, 0.4) is 0 Å². The zero-order valence-corrected chi connectivity index (χ0v) is 18.0. The summed E-state index contributed by atoms with van der Waals surface area (Å²) < 4.78 is 5.91. The Hall–Kier alpha value is -0.860. The van der Waals surface area contributed by atoms with Crippen LogP contribution >= 0.6 is 0 Å². The largest absolute Gasteiger partial charge is 0.392 e. The third-order valence-electron chi connectivity index (χ3n) is 9.93. The van der Waals surface area contributed by atoms with E-state index in [2.05, 4.69) is 0 Å². The fraction of sp³-hybridized carbons (Fsp3) is 0.913. The lowest BCUT2D eigenvalue weighted by molar-refractivity contribution is -0.458. The molecule has 4 bridgehead atoms. The Morgan fingerprint density at radius 2 is 1.87 bits per heavy atom. The molecule has 11 atom stereocenters. The van der Waals surface area contributed by atoms with E-state index in [-0.39, 0.29) is 29.6 Å². The highest BCUT2D eigenvalue weighted by atomic mass is 16.6. The number of aldehydes is 1. The highest BCUT2D eigenvalue weighted by Crippen LogP contribution is 2.76. The van der Waals surface area contributed by atoms with Crippen molar-refractivity contribution in [1.82, 2.24) is 0 Å². The zero-order valence-electron chi connectivity index (χ0n) is 18.0. The van der Waals surface area contributed by atoms with Crippen LogP contribution in [0.1, 0.15) is 52.9 Å². The normalized spacial score (nSPS) is 56.9. The summed E-state index contributed by atoms with van der Waals surface area (Å²) in [5.41, 5.74) is -2.91. The smallest absolute Gasteiger partial charge is 0.208 e. The fourth-order valence-corrected chi connectivity index (χ4v) is 8.83. The Kier molecular flexibility index (Phi) is 4.29. The van der Waals surface area contributed by atoms with Crippen LogP contribution in [0.4, 0.5) is 0 Å². The predicted molar refractivity (Wildman–Crippen MR) is 105 cm³/mol. The average molecular weight is 423 g/mol. The SMILES string of the molecule is CC(C=O)C[C@@H]1C(=O)[C@]23[C@H](O)[C@H]1CC[C@H]2[C@@]12CO[C@]3(O)[C@@H](O)[C@@H]1C(C)(C)CC[C@@H]2O. The topological polar surface area (TPSA) is 124 Å². The summed E-state index contributed by atoms with van der Waals surface area (Å²) in [5, 5.41) is 46.1. The van der Waals surface area contributed by atoms with Gasteiger partial charge in [0.25, 0.3) is 0 Å². The summed E-state index contributed by atoms with van der Waals surface area (Å²) in [7, 11) is 0. The molecule has 6 aliphatic rings. The molecule has 4 saturated carbocycles. The standard InChI is InChI=1S/C23H34O7/c1-11(9-24)8-13-12-4-5-14-21-10-30-23(29,22(14,17(12)26)18(13)27)19(28)16(21)20(2,3)7-6-15(21)25/h9,11-17,19,25-26,28-29H,4-8,10H2,1-3H3/t11?,12-,13-,14-,15-,16+,17+,19-,21+,22+,23+/m0/s1. The van der Waals surface area contributed by atoms with Gasteiger partial charge >= 0.3 is 0 Å². The molecule has 0 aromatic heterocycles. The van der Waals surface area contributed by atoms with Crippen molar-refractivity contribution in [1.29, 1.82) is 0 Å². The molecule has 0 amide bonds. The molecule has 2 heterocycles. The molecule has 0 aromatic rings. The lowest BCUT2D eigenvalue weighted by atomic mass is 9.35. The van der Waals surface area contributed by atoms with E-state index in [1.165, 1.54) is 0 Å². The Balaban J connectivity index is 1.71. The van der Waals surface area contributed by atoms with Gasteiger partial charge in [0, 0.05) is 23.2 Å². The summed E-state index contributed by atoms with van der Waals surface area (Å²) in [6, 6.07) is 0. The molecule has 0 radical (unpaired) electrons. The first-order valence-corrected chi connectivity index (χ1v) is 11.4. The quantitative estimate of drug-likeness (QED) is 0.493.